The molecule has 2 unspecified atom stereocenters. The van der Waals surface area contributed by atoms with Crippen molar-refractivity contribution in [2.45, 2.75) is 46.1 Å². The lowest BCUT2D eigenvalue weighted by atomic mass is 9.80. The zero-order valence-electron chi connectivity index (χ0n) is 7.97. The minimum Gasteiger partial charge on any atom is -0.378 e. The molecule has 1 fully saturated rings. The minimum atomic E-state index is 0.561. The summed E-state index contributed by atoms with van der Waals surface area (Å²) >= 11 is 0. The third-order valence-electron chi connectivity index (χ3n) is 2.95. The summed E-state index contributed by atoms with van der Waals surface area (Å²) in [6.07, 6.45) is 4.46. The van der Waals surface area contributed by atoms with Crippen LogP contribution in [0, 0.1) is 11.8 Å². The summed E-state index contributed by atoms with van der Waals surface area (Å²) in [5.74, 6) is 1.77. The molecule has 0 aromatic rings. The number of rotatable bonds is 2. The fourth-order valence-corrected chi connectivity index (χ4v) is 1.89. The van der Waals surface area contributed by atoms with Gasteiger partial charge in [0.05, 0.1) is 6.10 Å². The van der Waals surface area contributed by atoms with E-state index in [1.54, 1.807) is 0 Å². The van der Waals surface area contributed by atoms with E-state index < -0.39 is 0 Å². The molecule has 0 aliphatic heterocycles. The Morgan fingerprint density at radius 2 is 1.91 bits per heavy atom. The van der Waals surface area contributed by atoms with Crippen LogP contribution in [0.2, 0.25) is 0 Å². The highest BCUT2D eigenvalue weighted by Gasteiger charge is 2.24. The molecule has 66 valence electrons. The largest absolute Gasteiger partial charge is 0.378 e. The standard InChI is InChI=1S/C10H20O/c1-4-11-10-6-5-8(2)9(3)7-10/h8-10H,4-7H2,1-3H3/t8?,9?,10-/m0/s1. The monoisotopic (exact) mass is 156 g/mol. The highest BCUT2D eigenvalue weighted by atomic mass is 16.5. The van der Waals surface area contributed by atoms with Gasteiger partial charge < -0.3 is 4.74 Å². The van der Waals surface area contributed by atoms with E-state index in [4.69, 9.17) is 4.74 Å². The van der Waals surface area contributed by atoms with E-state index in [2.05, 4.69) is 20.8 Å². The van der Waals surface area contributed by atoms with Crippen molar-refractivity contribution in [3.8, 4) is 0 Å². The van der Waals surface area contributed by atoms with Crippen LogP contribution in [0.25, 0.3) is 0 Å². The van der Waals surface area contributed by atoms with Crippen molar-refractivity contribution >= 4 is 0 Å². The van der Waals surface area contributed by atoms with Gasteiger partial charge >= 0.3 is 0 Å². The van der Waals surface area contributed by atoms with Crippen molar-refractivity contribution in [2.75, 3.05) is 6.61 Å². The normalized spacial score (nSPS) is 39.0. The molecule has 1 aliphatic carbocycles. The van der Waals surface area contributed by atoms with E-state index in [0.29, 0.717) is 6.10 Å². The van der Waals surface area contributed by atoms with Gasteiger partial charge in [0.2, 0.25) is 0 Å². The Labute approximate surface area is 70.1 Å². The van der Waals surface area contributed by atoms with E-state index in [1.165, 1.54) is 19.3 Å². The zero-order valence-corrected chi connectivity index (χ0v) is 7.97. The van der Waals surface area contributed by atoms with Crippen LogP contribution >= 0.6 is 0 Å². The zero-order chi connectivity index (χ0) is 8.27. The Balaban J connectivity index is 2.28. The van der Waals surface area contributed by atoms with Crippen LogP contribution in [0.1, 0.15) is 40.0 Å². The van der Waals surface area contributed by atoms with Gasteiger partial charge in [-0.2, -0.15) is 0 Å². The smallest absolute Gasteiger partial charge is 0.0577 e. The maximum atomic E-state index is 5.60. The topological polar surface area (TPSA) is 9.23 Å². The Bertz CT molecular complexity index is 111. The van der Waals surface area contributed by atoms with Crippen molar-refractivity contribution in [3.63, 3.8) is 0 Å². The lowest BCUT2D eigenvalue weighted by molar-refractivity contribution is 0.00941. The van der Waals surface area contributed by atoms with E-state index in [1.807, 2.05) is 0 Å². The van der Waals surface area contributed by atoms with Crippen molar-refractivity contribution in [1.82, 2.24) is 0 Å². The summed E-state index contributed by atoms with van der Waals surface area (Å²) in [7, 11) is 0. The molecule has 1 aliphatic rings. The summed E-state index contributed by atoms with van der Waals surface area (Å²) in [6, 6.07) is 0. The predicted octanol–water partition coefficient (Wildman–Crippen LogP) is 2.85. The summed E-state index contributed by atoms with van der Waals surface area (Å²) in [4.78, 5) is 0. The van der Waals surface area contributed by atoms with Crippen LogP contribution in [0.3, 0.4) is 0 Å². The van der Waals surface area contributed by atoms with Crippen LogP contribution in [-0.2, 0) is 4.74 Å². The summed E-state index contributed by atoms with van der Waals surface area (Å²) in [6.45, 7) is 7.66. The molecule has 0 N–H and O–H groups in total. The van der Waals surface area contributed by atoms with Crippen LogP contribution in [-0.4, -0.2) is 12.7 Å². The van der Waals surface area contributed by atoms with Gasteiger partial charge in [0.1, 0.15) is 0 Å². The maximum Gasteiger partial charge on any atom is 0.0577 e. The van der Waals surface area contributed by atoms with Gasteiger partial charge in [0.25, 0.3) is 0 Å². The lowest BCUT2D eigenvalue weighted by Crippen LogP contribution is -2.26. The highest BCUT2D eigenvalue weighted by Crippen LogP contribution is 2.30. The third kappa shape index (κ3) is 2.48. The number of hydrogen-bond acceptors (Lipinski definition) is 1. The van der Waals surface area contributed by atoms with Gasteiger partial charge in [-0.1, -0.05) is 13.8 Å². The van der Waals surface area contributed by atoms with Gasteiger partial charge in [-0.15, -0.1) is 0 Å². The first-order chi connectivity index (χ1) is 5.24. The Hall–Kier alpha value is -0.0400. The average molecular weight is 156 g/mol. The lowest BCUT2D eigenvalue weighted by Gasteiger charge is -2.31. The van der Waals surface area contributed by atoms with E-state index in [0.717, 1.165) is 18.4 Å². The molecule has 0 aromatic heterocycles. The maximum absolute atomic E-state index is 5.60. The number of ether oxygens (including phenoxy) is 1. The molecule has 1 rings (SSSR count). The SMILES string of the molecule is CCO[C@H]1CCC(C)C(C)C1. The predicted molar refractivity (Wildman–Crippen MR) is 47.6 cm³/mol. The quantitative estimate of drug-likeness (QED) is 0.597. The minimum absolute atomic E-state index is 0.561. The molecule has 3 atom stereocenters. The molecule has 1 nitrogen and oxygen atoms in total. The molecule has 0 heterocycles. The third-order valence-corrected chi connectivity index (χ3v) is 2.95. The molecule has 11 heavy (non-hydrogen) atoms. The summed E-state index contributed by atoms with van der Waals surface area (Å²) in [5.41, 5.74) is 0. The Morgan fingerprint density at radius 3 is 2.45 bits per heavy atom. The van der Waals surface area contributed by atoms with E-state index >= 15 is 0 Å². The second-order valence-corrected chi connectivity index (χ2v) is 3.84. The van der Waals surface area contributed by atoms with Gasteiger partial charge in [-0.25, -0.2) is 0 Å². The second kappa shape index (κ2) is 4.10. The second-order valence-electron chi connectivity index (χ2n) is 3.84. The van der Waals surface area contributed by atoms with Crippen molar-refractivity contribution in [1.29, 1.82) is 0 Å². The molecule has 0 bridgehead atoms. The fourth-order valence-electron chi connectivity index (χ4n) is 1.89. The molecule has 1 saturated carbocycles. The van der Waals surface area contributed by atoms with Crippen molar-refractivity contribution in [2.24, 2.45) is 11.8 Å². The highest BCUT2D eigenvalue weighted by molar-refractivity contribution is 4.75. The summed E-state index contributed by atoms with van der Waals surface area (Å²) in [5, 5.41) is 0. The molecule has 0 saturated heterocycles. The van der Waals surface area contributed by atoms with Crippen molar-refractivity contribution in [3.05, 3.63) is 0 Å². The first kappa shape index (κ1) is 9.05. The fraction of sp³-hybridized carbons (Fsp3) is 1.00. The van der Waals surface area contributed by atoms with Gasteiger partial charge in [0, 0.05) is 6.61 Å². The Morgan fingerprint density at radius 1 is 1.18 bits per heavy atom. The molecule has 0 spiro atoms. The average Bonchev–Trinajstić information content (AvgIpc) is 1.98. The number of hydrogen-bond donors (Lipinski definition) is 0. The van der Waals surface area contributed by atoms with Crippen LogP contribution in [0.15, 0.2) is 0 Å². The molecule has 0 aromatic carbocycles. The first-order valence-electron chi connectivity index (χ1n) is 4.85. The van der Waals surface area contributed by atoms with Gasteiger partial charge in [-0.3, -0.25) is 0 Å². The van der Waals surface area contributed by atoms with Crippen LogP contribution < -0.4 is 0 Å². The molecule has 0 amide bonds. The Kier molecular flexibility index (Phi) is 3.38. The first-order valence-corrected chi connectivity index (χ1v) is 4.85. The van der Waals surface area contributed by atoms with E-state index in [-0.39, 0.29) is 0 Å². The van der Waals surface area contributed by atoms with Crippen molar-refractivity contribution < 1.29 is 4.74 Å². The molecule has 0 radical (unpaired) electrons. The van der Waals surface area contributed by atoms with Gasteiger partial charge in [-0.05, 0) is 38.0 Å². The molecule has 1 heteroatoms. The van der Waals surface area contributed by atoms with Crippen LogP contribution in [0.5, 0.6) is 0 Å². The summed E-state index contributed by atoms with van der Waals surface area (Å²) < 4.78 is 5.60. The molecular formula is C10H20O. The van der Waals surface area contributed by atoms with Gasteiger partial charge in [0.15, 0.2) is 0 Å². The van der Waals surface area contributed by atoms with Crippen LogP contribution in [0.4, 0.5) is 0 Å². The van der Waals surface area contributed by atoms with E-state index in [9.17, 15) is 0 Å². The molecular weight excluding hydrogens is 136 g/mol.